The summed E-state index contributed by atoms with van der Waals surface area (Å²) in [5, 5.41) is 18.1. The van der Waals surface area contributed by atoms with Crippen LogP contribution in [-0.4, -0.2) is 16.3 Å². The summed E-state index contributed by atoms with van der Waals surface area (Å²) in [5.74, 6) is -1.17. The molecule has 0 saturated heterocycles. The minimum absolute atomic E-state index is 0.0301. The van der Waals surface area contributed by atoms with E-state index < -0.39 is 5.97 Å². The molecular formula is C30H22N2O2S2. The van der Waals surface area contributed by atoms with Gasteiger partial charge in [-0.3, -0.25) is 0 Å². The van der Waals surface area contributed by atoms with Gasteiger partial charge >= 0.3 is 5.97 Å². The lowest BCUT2D eigenvalue weighted by Gasteiger charge is -2.25. The van der Waals surface area contributed by atoms with Crippen molar-refractivity contribution in [3.05, 3.63) is 120 Å². The molecule has 1 N–H and O–H groups in total. The lowest BCUT2D eigenvalue weighted by Crippen LogP contribution is -2.09. The fourth-order valence-electron chi connectivity index (χ4n) is 4.09. The Morgan fingerprint density at radius 2 is 1.44 bits per heavy atom. The van der Waals surface area contributed by atoms with E-state index in [1.807, 2.05) is 36.4 Å². The maximum absolute atomic E-state index is 11.1. The summed E-state index contributed by atoms with van der Waals surface area (Å²) in [6.07, 6.45) is 4.39. The first kappa shape index (κ1) is 23.7. The zero-order chi connectivity index (χ0) is 24.9. The van der Waals surface area contributed by atoms with Gasteiger partial charge in [-0.15, -0.1) is 23.1 Å². The van der Waals surface area contributed by atoms with E-state index in [9.17, 15) is 4.79 Å². The van der Waals surface area contributed by atoms with Crippen LogP contribution in [0.1, 0.15) is 11.3 Å². The standard InChI is InChI=1S/C30H22N2O2S2/c31-20-22(30(33)34)19-26-15-16-28(35-26)29-18-17-27(36-29)21-11-13-25(14-12-21)32(23-7-3-1-4-8-23)24-9-5-2-6-10-24/h1-14,16-19,26H,15H2,(H,33,34). The molecule has 1 aromatic heterocycles. The third-order valence-electron chi connectivity index (χ3n) is 5.80. The number of nitriles is 1. The number of thioether (sulfide) groups is 1. The molecule has 176 valence electrons. The summed E-state index contributed by atoms with van der Waals surface area (Å²) in [4.78, 5) is 16.8. The molecule has 0 aliphatic carbocycles. The van der Waals surface area contributed by atoms with Crippen molar-refractivity contribution in [1.29, 1.82) is 5.26 Å². The molecule has 3 aromatic carbocycles. The molecular weight excluding hydrogens is 484 g/mol. The number of carbonyl (C=O) groups is 1. The summed E-state index contributed by atoms with van der Waals surface area (Å²) in [7, 11) is 0. The van der Waals surface area contributed by atoms with E-state index in [1.165, 1.54) is 4.88 Å². The van der Waals surface area contributed by atoms with E-state index in [2.05, 4.69) is 71.6 Å². The molecule has 4 aromatic rings. The number of rotatable bonds is 7. The summed E-state index contributed by atoms with van der Waals surface area (Å²) in [6, 6.07) is 35.3. The highest BCUT2D eigenvalue weighted by Crippen LogP contribution is 2.44. The Balaban J connectivity index is 1.36. The fourth-order valence-corrected chi connectivity index (χ4v) is 6.40. The van der Waals surface area contributed by atoms with Gasteiger partial charge in [-0.1, -0.05) is 54.6 Å². The van der Waals surface area contributed by atoms with Gasteiger partial charge in [0.2, 0.25) is 0 Å². The number of anilines is 3. The van der Waals surface area contributed by atoms with Crippen LogP contribution in [0.5, 0.6) is 0 Å². The Kier molecular flexibility index (Phi) is 7.03. The number of thiophene rings is 1. The van der Waals surface area contributed by atoms with E-state index in [0.717, 1.165) is 38.8 Å². The second-order valence-electron chi connectivity index (χ2n) is 8.17. The molecule has 1 aliphatic rings. The van der Waals surface area contributed by atoms with Crippen LogP contribution in [0.15, 0.2) is 115 Å². The number of allylic oxidation sites excluding steroid dienone is 1. The van der Waals surface area contributed by atoms with Crippen molar-refractivity contribution in [2.24, 2.45) is 0 Å². The Morgan fingerprint density at radius 3 is 2.03 bits per heavy atom. The van der Waals surface area contributed by atoms with E-state index in [-0.39, 0.29) is 10.8 Å². The lowest BCUT2D eigenvalue weighted by molar-refractivity contribution is -0.132. The first-order valence-electron chi connectivity index (χ1n) is 11.5. The predicted molar refractivity (Wildman–Crippen MR) is 150 cm³/mol. The summed E-state index contributed by atoms with van der Waals surface area (Å²) >= 11 is 3.33. The van der Waals surface area contributed by atoms with Crippen molar-refractivity contribution in [2.45, 2.75) is 11.7 Å². The van der Waals surface area contributed by atoms with Crippen LogP contribution in [0.3, 0.4) is 0 Å². The molecule has 6 heteroatoms. The Bertz CT molecular complexity index is 1430. The van der Waals surface area contributed by atoms with Gasteiger partial charge in [0.05, 0.1) is 0 Å². The molecule has 0 radical (unpaired) electrons. The third kappa shape index (κ3) is 5.13. The van der Waals surface area contributed by atoms with Gasteiger partial charge in [-0.05, 0) is 66.6 Å². The van der Waals surface area contributed by atoms with Crippen LogP contribution >= 0.6 is 23.1 Å². The number of carboxylic acid groups (broad SMARTS) is 1. The molecule has 0 bridgehead atoms. The second-order valence-corrected chi connectivity index (χ2v) is 10.5. The third-order valence-corrected chi connectivity index (χ3v) is 8.37. The zero-order valence-electron chi connectivity index (χ0n) is 19.2. The average molecular weight is 507 g/mol. The lowest BCUT2D eigenvalue weighted by atomic mass is 10.1. The Hall–Kier alpha value is -4.05. The largest absolute Gasteiger partial charge is 0.477 e. The zero-order valence-corrected chi connectivity index (χ0v) is 20.9. The molecule has 1 aliphatic heterocycles. The van der Waals surface area contributed by atoms with Crippen molar-refractivity contribution in [2.75, 3.05) is 4.90 Å². The van der Waals surface area contributed by atoms with Crippen LogP contribution in [0.4, 0.5) is 17.1 Å². The van der Waals surface area contributed by atoms with Crippen molar-refractivity contribution in [3.8, 4) is 16.5 Å². The molecule has 1 atom stereocenters. The molecule has 5 rings (SSSR count). The maximum Gasteiger partial charge on any atom is 0.346 e. The van der Waals surface area contributed by atoms with Crippen molar-refractivity contribution >= 4 is 51.0 Å². The predicted octanol–water partition coefficient (Wildman–Crippen LogP) is 8.27. The highest BCUT2D eigenvalue weighted by Gasteiger charge is 2.21. The topological polar surface area (TPSA) is 64.3 Å². The van der Waals surface area contributed by atoms with Gasteiger partial charge in [-0.2, -0.15) is 5.26 Å². The van der Waals surface area contributed by atoms with E-state index in [0.29, 0.717) is 0 Å². The highest BCUT2D eigenvalue weighted by molar-refractivity contribution is 8.09. The minimum atomic E-state index is -1.17. The Morgan fingerprint density at radius 1 is 0.861 bits per heavy atom. The van der Waals surface area contributed by atoms with Gasteiger partial charge in [0.1, 0.15) is 11.6 Å². The summed E-state index contributed by atoms with van der Waals surface area (Å²) in [6.45, 7) is 0. The number of carboxylic acids is 1. The van der Waals surface area contributed by atoms with Crippen LogP contribution in [0, 0.1) is 11.3 Å². The van der Waals surface area contributed by atoms with Crippen LogP contribution in [0.25, 0.3) is 15.3 Å². The maximum atomic E-state index is 11.1. The molecule has 2 heterocycles. The first-order valence-corrected chi connectivity index (χ1v) is 13.1. The van der Waals surface area contributed by atoms with Crippen LogP contribution in [-0.2, 0) is 4.79 Å². The van der Waals surface area contributed by atoms with Crippen molar-refractivity contribution in [1.82, 2.24) is 0 Å². The summed E-state index contributed by atoms with van der Waals surface area (Å²) in [5.41, 5.74) is 4.24. The molecule has 0 saturated carbocycles. The summed E-state index contributed by atoms with van der Waals surface area (Å²) < 4.78 is 0. The minimum Gasteiger partial charge on any atom is -0.477 e. The van der Waals surface area contributed by atoms with E-state index >= 15 is 0 Å². The molecule has 4 nitrogen and oxygen atoms in total. The van der Waals surface area contributed by atoms with Crippen LogP contribution < -0.4 is 4.90 Å². The number of benzene rings is 3. The number of para-hydroxylation sites is 2. The van der Waals surface area contributed by atoms with Crippen LogP contribution in [0.2, 0.25) is 0 Å². The average Bonchev–Trinajstić information content (AvgIpc) is 3.59. The normalized spacial score (nSPS) is 15.2. The van der Waals surface area contributed by atoms with Gasteiger partial charge in [0.25, 0.3) is 0 Å². The fraction of sp³-hybridized carbons (Fsp3) is 0.0667. The second kappa shape index (κ2) is 10.7. The van der Waals surface area contributed by atoms with Crippen molar-refractivity contribution in [3.63, 3.8) is 0 Å². The van der Waals surface area contributed by atoms with Gasteiger partial charge in [0, 0.05) is 37.0 Å². The molecule has 36 heavy (non-hydrogen) atoms. The molecule has 1 unspecified atom stereocenters. The Labute approximate surface area is 218 Å². The SMILES string of the molecule is N#CC(=CC1CC=C(c2ccc(-c3ccc(N(c4ccccc4)c4ccccc4)cc3)s2)S1)C(=O)O. The smallest absolute Gasteiger partial charge is 0.346 e. The number of nitrogens with zero attached hydrogens (tertiary/aromatic N) is 2. The quantitative estimate of drug-likeness (QED) is 0.202. The van der Waals surface area contributed by atoms with E-state index in [1.54, 1.807) is 35.2 Å². The monoisotopic (exact) mass is 506 g/mol. The van der Waals surface area contributed by atoms with Crippen molar-refractivity contribution < 1.29 is 9.90 Å². The number of hydrogen-bond donors (Lipinski definition) is 1. The molecule has 0 amide bonds. The number of hydrogen-bond acceptors (Lipinski definition) is 5. The number of aliphatic carboxylic acids is 1. The van der Waals surface area contributed by atoms with Gasteiger partial charge in [-0.25, -0.2) is 4.79 Å². The van der Waals surface area contributed by atoms with Gasteiger partial charge < -0.3 is 10.0 Å². The van der Waals surface area contributed by atoms with Gasteiger partial charge in [0.15, 0.2) is 0 Å². The van der Waals surface area contributed by atoms with E-state index in [4.69, 9.17) is 10.4 Å². The molecule has 0 spiro atoms. The molecule has 0 fully saturated rings. The highest BCUT2D eigenvalue weighted by atomic mass is 32.2. The first-order chi connectivity index (χ1) is 17.6.